The Morgan fingerprint density at radius 3 is 2.39 bits per heavy atom. The van der Waals surface area contributed by atoms with Crippen LogP contribution in [-0.4, -0.2) is 60.3 Å². The fourth-order valence-corrected chi connectivity index (χ4v) is 2.40. The zero-order valence-corrected chi connectivity index (χ0v) is 11.0. The third-order valence-corrected chi connectivity index (χ3v) is 3.54. The molecule has 0 aromatic carbocycles. The van der Waals surface area contributed by atoms with Gasteiger partial charge >= 0.3 is 6.09 Å². The molecule has 0 saturated carbocycles. The normalized spacial score (nSPS) is 30.4. The molecule has 2 rings (SSSR count). The van der Waals surface area contributed by atoms with Crippen molar-refractivity contribution in [2.75, 3.05) is 32.9 Å². The lowest BCUT2D eigenvalue weighted by Crippen LogP contribution is -2.58. The first-order chi connectivity index (χ1) is 8.21. The van der Waals surface area contributed by atoms with E-state index in [-0.39, 0.29) is 26.3 Å². The molecule has 1 N–H and O–H groups in total. The molecule has 5 nitrogen and oxygen atoms in total. The maximum atomic E-state index is 14.6. The van der Waals surface area contributed by atoms with Gasteiger partial charge in [-0.1, -0.05) is 0 Å². The number of carbonyl (C=O) groups is 1. The Hall–Kier alpha value is -0.880. The number of nitrogens with zero attached hydrogens (tertiary/aromatic N) is 1. The van der Waals surface area contributed by atoms with Crippen molar-refractivity contribution in [2.24, 2.45) is 5.41 Å². The number of amides is 1. The molecule has 0 bridgehead atoms. The van der Waals surface area contributed by atoms with Crippen molar-refractivity contribution in [1.82, 2.24) is 4.90 Å². The second-order valence-electron chi connectivity index (χ2n) is 6.23. The van der Waals surface area contributed by atoms with Crippen LogP contribution in [0.15, 0.2) is 0 Å². The molecule has 0 unspecified atom stereocenters. The SMILES string of the molecule is CC(C)(C)OC(=O)N1CC2(COC2)[C@@](F)(CO)C1. The first kappa shape index (κ1) is 13.5. The highest BCUT2D eigenvalue weighted by Crippen LogP contribution is 2.47. The van der Waals surface area contributed by atoms with Crippen LogP contribution in [0, 0.1) is 5.41 Å². The number of carbonyl (C=O) groups excluding carboxylic acids is 1. The Kier molecular flexibility index (Phi) is 3.06. The van der Waals surface area contributed by atoms with Crippen molar-refractivity contribution < 1.29 is 23.8 Å². The molecule has 6 heteroatoms. The van der Waals surface area contributed by atoms with Crippen molar-refractivity contribution in [1.29, 1.82) is 0 Å². The average Bonchev–Trinajstić information content (AvgIpc) is 2.50. The Labute approximate surface area is 106 Å². The van der Waals surface area contributed by atoms with E-state index < -0.39 is 29.4 Å². The van der Waals surface area contributed by atoms with Gasteiger partial charge in [0.15, 0.2) is 5.67 Å². The summed E-state index contributed by atoms with van der Waals surface area (Å²) in [5.74, 6) is 0. The van der Waals surface area contributed by atoms with Crippen LogP contribution in [0.1, 0.15) is 20.8 Å². The number of aliphatic hydroxyl groups is 1. The Balaban J connectivity index is 2.08. The zero-order chi connectivity index (χ0) is 13.6. The lowest BCUT2D eigenvalue weighted by molar-refractivity contribution is -0.178. The quantitative estimate of drug-likeness (QED) is 0.763. The molecule has 1 amide bonds. The van der Waals surface area contributed by atoms with Gasteiger partial charge in [-0.05, 0) is 20.8 Å². The molecule has 104 valence electrons. The molecular weight excluding hydrogens is 241 g/mol. The summed E-state index contributed by atoms with van der Waals surface area (Å²) < 4.78 is 24.9. The largest absolute Gasteiger partial charge is 0.444 e. The van der Waals surface area contributed by atoms with Gasteiger partial charge < -0.3 is 19.5 Å². The van der Waals surface area contributed by atoms with Gasteiger partial charge in [0.05, 0.1) is 31.8 Å². The molecule has 18 heavy (non-hydrogen) atoms. The van der Waals surface area contributed by atoms with E-state index in [1.54, 1.807) is 20.8 Å². The Morgan fingerprint density at radius 1 is 1.44 bits per heavy atom. The second kappa shape index (κ2) is 4.06. The molecule has 2 aliphatic rings. The predicted octanol–water partition coefficient (Wildman–Crippen LogP) is 0.954. The van der Waals surface area contributed by atoms with Crippen LogP contribution < -0.4 is 0 Å². The smallest absolute Gasteiger partial charge is 0.410 e. The van der Waals surface area contributed by atoms with Crippen molar-refractivity contribution in [3.8, 4) is 0 Å². The first-order valence-corrected chi connectivity index (χ1v) is 6.07. The third kappa shape index (κ3) is 2.07. The van der Waals surface area contributed by atoms with Crippen LogP contribution in [0.4, 0.5) is 9.18 Å². The van der Waals surface area contributed by atoms with Crippen molar-refractivity contribution in [3.05, 3.63) is 0 Å². The van der Waals surface area contributed by atoms with Crippen molar-refractivity contribution >= 4 is 6.09 Å². The van der Waals surface area contributed by atoms with Gasteiger partial charge in [-0.25, -0.2) is 9.18 Å². The van der Waals surface area contributed by atoms with E-state index in [4.69, 9.17) is 9.47 Å². The minimum Gasteiger partial charge on any atom is -0.444 e. The van der Waals surface area contributed by atoms with Crippen LogP contribution in [0.5, 0.6) is 0 Å². The van der Waals surface area contributed by atoms with E-state index in [1.165, 1.54) is 4.90 Å². The van der Waals surface area contributed by atoms with E-state index in [1.807, 2.05) is 0 Å². The molecule has 0 aromatic rings. The minimum absolute atomic E-state index is 0.137. The Morgan fingerprint density at radius 2 is 2.06 bits per heavy atom. The van der Waals surface area contributed by atoms with Crippen LogP contribution in [-0.2, 0) is 9.47 Å². The lowest BCUT2D eigenvalue weighted by Gasteiger charge is -2.44. The van der Waals surface area contributed by atoms with Gasteiger partial charge in [0.1, 0.15) is 5.60 Å². The topological polar surface area (TPSA) is 59.0 Å². The standard InChI is InChI=1S/C12H20FNO4/c1-10(2,3)18-9(16)14-4-11(7-17-8-11)12(13,5-14)6-15/h15H,4-8H2,1-3H3/t12-/m0/s1. The molecule has 0 aliphatic carbocycles. The summed E-state index contributed by atoms with van der Waals surface area (Å²) in [4.78, 5) is 13.2. The third-order valence-electron chi connectivity index (χ3n) is 3.54. The van der Waals surface area contributed by atoms with Crippen LogP contribution in [0.3, 0.4) is 0 Å². The number of likely N-dealkylation sites (tertiary alicyclic amines) is 1. The van der Waals surface area contributed by atoms with E-state index in [2.05, 4.69) is 0 Å². The summed E-state index contributed by atoms with van der Waals surface area (Å²) in [7, 11) is 0. The van der Waals surface area contributed by atoms with Crippen LogP contribution in [0.25, 0.3) is 0 Å². The summed E-state index contributed by atoms with van der Waals surface area (Å²) in [5.41, 5.74) is -3.16. The summed E-state index contributed by atoms with van der Waals surface area (Å²) in [6.45, 7) is 5.26. The number of aliphatic hydroxyl groups excluding tert-OH is 1. The molecule has 0 aromatic heterocycles. The number of ether oxygens (including phenoxy) is 2. The van der Waals surface area contributed by atoms with E-state index in [0.717, 1.165) is 0 Å². The van der Waals surface area contributed by atoms with Gasteiger partial charge in [0, 0.05) is 6.54 Å². The summed E-state index contributed by atoms with van der Waals surface area (Å²) in [5, 5.41) is 9.25. The fourth-order valence-electron chi connectivity index (χ4n) is 2.40. The highest BCUT2D eigenvalue weighted by atomic mass is 19.1. The fraction of sp³-hybridized carbons (Fsp3) is 0.917. The van der Waals surface area contributed by atoms with E-state index in [9.17, 15) is 14.3 Å². The van der Waals surface area contributed by atoms with Crippen LogP contribution in [0.2, 0.25) is 0 Å². The highest BCUT2D eigenvalue weighted by molar-refractivity contribution is 5.69. The lowest BCUT2D eigenvalue weighted by atomic mass is 9.74. The molecule has 0 radical (unpaired) electrons. The van der Waals surface area contributed by atoms with Crippen molar-refractivity contribution in [2.45, 2.75) is 32.0 Å². The zero-order valence-electron chi connectivity index (χ0n) is 11.0. The number of halogens is 1. The molecule has 2 aliphatic heterocycles. The molecular formula is C12H20FNO4. The van der Waals surface area contributed by atoms with Crippen LogP contribution >= 0.6 is 0 Å². The predicted molar refractivity (Wildman–Crippen MR) is 62.0 cm³/mol. The molecule has 2 saturated heterocycles. The van der Waals surface area contributed by atoms with E-state index in [0.29, 0.717) is 0 Å². The number of hydrogen-bond acceptors (Lipinski definition) is 4. The monoisotopic (exact) mass is 261 g/mol. The Bertz CT molecular complexity index is 339. The molecule has 1 atom stereocenters. The van der Waals surface area contributed by atoms with Crippen molar-refractivity contribution in [3.63, 3.8) is 0 Å². The summed E-state index contributed by atoms with van der Waals surface area (Å²) in [6, 6.07) is 0. The number of alkyl halides is 1. The average molecular weight is 261 g/mol. The van der Waals surface area contributed by atoms with Gasteiger partial charge in [-0.15, -0.1) is 0 Å². The molecule has 2 fully saturated rings. The van der Waals surface area contributed by atoms with E-state index >= 15 is 0 Å². The number of rotatable bonds is 1. The minimum atomic E-state index is -1.79. The van der Waals surface area contributed by atoms with Gasteiger partial charge in [0.25, 0.3) is 0 Å². The van der Waals surface area contributed by atoms with Gasteiger partial charge in [0.2, 0.25) is 0 Å². The maximum Gasteiger partial charge on any atom is 0.410 e. The van der Waals surface area contributed by atoms with Gasteiger partial charge in [-0.3, -0.25) is 0 Å². The number of hydrogen-bond donors (Lipinski definition) is 1. The second-order valence-corrected chi connectivity index (χ2v) is 6.23. The van der Waals surface area contributed by atoms with Gasteiger partial charge in [-0.2, -0.15) is 0 Å². The molecule has 1 spiro atoms. The summed E-state index contributed by atoms with van der Waals surface area (Å²) in [6.07, 6.45) is -0.540. The summed E-state index contributed by atoms with van der Waals surface area (Å²) >= 11 is 0. The maximum absolute atomic E-state index is 14.6. The highest BCUT2D eigenvalue weighted by Gasteiger charge is 2.64. The molecule has 2 heterocycles. The first-order valence-electron chi connectivity index (χ1n) is 6.07.